The minimum Gasteiger partial charge on any atom is -0.338 e. The summed E-state index contributed by atoms with van der Waals surface area (Å²) in [6.45, 7) is 13.2. The molecule has 1 rings (SSSR count). The summed E-state index contributed by atoms with van der Waals surface area (Å²) in [5.41, 5.74) is 6.56. The molecule has 0 radical (unpaired) electrons. The average molecular weight is 711 g/mol. The SMILES string of the molecule is CCCC(=O)CC(CCCCN)C(=O)CC(CC(C)C)C(=O)CC(C(=O)CC(Cc1ccccc1)C(=O)N(C)CC(=O)CC(C)C(C)=O)C(C)C. The molecule has 9 heteroatoms. The molecule has 286 valence electrons. The Labute approximate surface area is 307 Å². The van der Waals surface area contributed by atoms with Gasteiger partial charge in [0.05, 0.1) is 6.54 Å². The molecule has 0 aliphatic carbocycles. The summed E-state index contributed by atoms with van der Waals surface area (Å²) in [5, 5.41) is 0. The smallest absolute Gasteiger partial charge is 0.226 e. The van der Waals surface area contributed by atoms with Crippen LogP contribution in [0, 0.1) is 41.4 Å². The minimum atomic E-state index is -0.748. The third-order valence-corrected chi connectivity index (χ3v) is 9.90. The molecule has 0 saturated carbocycles. The molecule has 1 amide bonds. The average Bonchev–Trinajstić information content (AvgIpc) is 3.05. The zero-order valence-electron chi connectivity index (χ0n) is 32.7. The van der Waals surface area contributed by atoms with Crippen LogP contribution < -0.4 is 5.73 Å². The minimum absolute atomic E-state index is 0.0305. The van der Waals surface area contributed by atoms with Crippen LogP contribution >= 0.6 is 0 Å². The highest BCUT2D eigenvalue weighted by atomic mass is 16.2. The molecule has 0 spiro atoms. The molecule has 5 unspecified atom stereocenters. The highest BCUT2D eigenvalue weighted by molar-refractivity contribution is 5.95. The summed E-state index contributed by atoms with van der Waals surface area (Å²) in [5.74, 6) is -3.92. The second kappa shape index (κ2) is 24.0. The molecule has 2 N–H and O–H groups in total. The van der Waals surface area contributed by atoms with Crippen LogP contribution in [0.15, 0.2) is 30.3 Å². The van der Waals surface area contributed by atoms with E-state index in [0.717, 1.165) is 18.4 Å². The predicted molar refractivity (Wildman–Crippen MR) is 202 cm³/mol. The van der Waals surface area contributed by atoms with Crippen LogP contribution in [0.2, 0.25) is 0 Å². The maximum Gasteiger partial charge on any atom is 0.226 e. The molecule has 1 aromatic rings. The summed E-state index contributed by atoms with van der Waals surface area (Å²) >= 11 is 0. The summed E-state index contributed by atoms with van der Waals surface area (Å²) in [6, 6.07) is 9.38. The Morgan fingerprint density at radius 2 is 1.33 bits per heavy atom. The fourth-order valence-electron chi connectivity index (χ4n) is 6.72. The van der Waals surface area contributed by atoms with E-state index in [1.807, 2.05) is 65.0 Å². The van der Waals surface area contributed by atoms with E-state index in [9.17, 15) is 33.6 Å². The predicted octanol–water partition coefficient (Wildman–Crippen LogP) is 6.80. The number of hydrogen-bond donors (Lipinski definition) is 1. The van der Waals surface area contributed by atoms with Crippen molar-refractivity contribution in [1.29, 1.82) is 0 Å². The lowest BCUT2D eigenvalue weighted by molar-refractivity contribution is -0.141. The van der Waals surface area contributed by atoms with Gasteiger partial charge in [0.2, 0.25) is 5.91 Å². The van der Waals surface area contributed by atoms with E-state index in [1.54, 1.807) is 6.92 Å². The van der Waals surface area contributed by atoms with Crippen molar-refractivity contribution in [3.63, 3.8) is 0 Å². The van der Waals surface area contributed by atoms with Gasteiger partial charge in [-0.25, -0.2) is 0 Å². The Bertz CT molecular complexity index is 1290. The van der Waals surface area contributed by atoms with E-state index in [4.69, 9.17) is 5.73 Å². The molecular formula is C42H66N2O7. The number of amides is 1. The number of carbonyl (C=O) groups is 7. The van der Waals surface area contributed by atoms with Gasteiger partial charge < -0.3 is 10.6 Å². The molecule has 0 bridgehead atoms. The van der Waals surface area contributed by atoms with Crippen molar-refractivity contribution in [2.45, 2.75) is 126 Å². The summed E-state index contributed by atoms with van der Waals surface area (Å²) in [6.07, 6.45) is 4.13. The van der Waals surface area contributed by atoms with Crippen molar-refractivity contribution >= 4 is 40.6 Å². The van der Waals surface area contributed by atoms with Gasteiger partial charge in [-0.1, -0.05) is 78.3 Å². The molecule has 9 nitrogen and oxygen atoms in total. The van der Waals surface area contributed by atoms with Gasteiger partial charge in [0.15, 0.2) is 5.78 Å². The first-order valence-corrected chi connectivity index (χ1v) is 19.1. The molecule has 5 atom stereocenters. The number of nitrogens with two attached hydrogens (primary N) is 1. The molecule has 0 fully saturated rings. The second-order valence-corrected chi connectivity index (χ2v) is 15.5. The van der Waals surface area contributed by atoms with Crippen LogP contribution in [-0.4, -0.2) is 65.6 Å². The first-order valence-electron chi connectivity index (χ1n) is 19.1. The third-order valence-electron chi connectivity index (χ3n) is 9.90. The van der Waals surface area contributed by atoms with E-state index in [2.05, 4.69) is 0 Å². The monoisotopic (exact) mass is 710 g/mol. The standard InChI is InChI=1S/C42H66N2O7/c1-9-15-36(46)23-33(18-13-14-19-43)39(48)24-34(20-28(2)3)40(49)26-38(29(4)5)41(50)25-35(22-32-16-11-10-12-17-32)42(51)44(8)27-37(47)21-30(6)31(7)45/h10-12,16-17,28-30,33-35,38H,9,13-15,18-27,43H2,1-8H3. The maximum absolute atomic E-state index is 14.1. The number of likely N-dealkylation sites (N-methyl/N-ethyl adjacent to an activating group) is 1. The fraction of sp³-hybridized carbons (Fsp3) is 0.690. The Hall–Kier alpha value is -3.33. The number of Topliss-reactive ketones (excluding diaryl/α,β-unsaturated/α-hetero) is 6. The number of unbranched alkanes of at least 4 members (excludes halogenated alkanes) is 1. The van der Waals surface area contributed by atoms with Crippen molar-refractivity contribution in [3.05, 3.63) is 35.9 Å². The normalized spacial score (nSPS) is 14.4. The third kappa shape index (κ3) is 17.6. The second-order valence-electron chi connectivity index (χ2n) is 15.5. The summed E-state index contributed by atoms with van der Waals surface area (Å²) in [7, 11) is 1.54. The zero-order chi connectivity index (χ0) is 38.7. The molecule has 0 aromatic heterocycles. The summed E-state index contributed by atoms with van der Waals surface area (Å²) < 4.78 is 0. The lowest BCUT2D eigenvalue weighted by Crippen LogP contribution is -2.40. The van der Waals surface area contributed by atoms with Crippen molar-refractivity contribution in [1.82, 2.24) is 4.90 Å². The Balaban J connectivity index is 3.23. The van der Waals surface area contributed by atoms with E-state index >= 15 is 0 Å². The van der Waals surface area contributed by atoms with Crippen molar-refractivity contribution in [3.8, 4) is 0 Å². The first-order chi connectivity index (χ1) is 24.0. The lowest BCUT2D eigenvalue weighted by Gasteiger charge is -2.27. The topological polar surface area (TPSA) is 149 Å². The van der Waals surface area contributed by atoms with Gasteiger partial charge in [-0.15, -0.1) is 0 Å². The molecule has 0 aliphatic rings. The Morgan fingerprint density at radius 3 is 1.88 bits per heavy atom. The number of rotatable bonds is 28. The number of carbonyl (C=O) groups excluding carboxylic acids is 7. The van der Waals surface area contributed by atoms with Gasteiger partial charge in [0, 0.05) is 75.2 Å². The highest BCUT2D eigenvalue weighted by Gasteiger charge is 2.35. The fourth-order valence-corrected chi connectivity index (χ4v) is 6.72. The summed E-state index contributed by atoms with van der Waals surface area (Å²) in [4.78, 5) is 93.8. The molecule has 0 aliphatic heterocycles. The Morgan fingerprint density at radius 1 is 0.725 bits per heavy atom. The van der Waals surface area contributed by atoms with Crippen LogP contribution in [0.5, 0.6) is 0 Å². The van der Waals surface area contributed by atoms with Crippen LogP contribution in [0.1, 0.15) is 125 Å². The van der Waals surface area contributed by atoms with Crippen LogP contribution in [0.4, 0.5) is 0 Å². The quantitative estimate of drug-likeness (QED) is 0.0934. The molecule has 0 saturated heterocycles. The van der Waals surface area contributed by atoms with Gasteiger partial charge in [-0.05, 0) is 63.0 Å². The van der Waals surface area contributed by atoms with E-state index in [0.29, 0.717) is 38.6 Å². The van der Waals surface area contributed by atoms with Crippen LogP contribution in [-0.2, 0) is 40.0 Å². The Kier molecular flexibility index (Phi) is 21.5. The molecule has 51 heavy (non-hydrogen) atoms. The first kappa shape index (κ1) is 45.7. The van der Waals surface area contributed by atoms with Gasteiger partial charge in [0.1, 0.15) is 28.9 Å². The van der Waals surface area contributed by atoms with Gasteiger partial charge >= 0.3 is 0 Å². The molecule has 1 aromatic carbocycles. The van der Waals surface area contributed by atoms with Gasteiger partial charge in [-0.2, -0.15) is 0 Å². The van der Waals surface area contributed by atoms with Gasteiger partial charge in [-0.3, -0.25) is 33.6 Å². The van der Waals surface area contributed by atoms with E-state index in [1.165, 1.54) is 18.9 Å². The van der Waals surface area contributed by atoms with Crippen molar-refractivity contribution in [2.75, 3.05) is 20.1 Å². The van der Waals surface area contributed by atoms with Crippen LogP contribution in [0.25, 0.3) is 0 Å². The zero-order valence-corrected chi connectivity index (χ0v) is 32.7. The van der Waals surface area contributed by atoms with Gasteiger partial charge in [0.25, 0.3) is 0 Å². The maximum atomic E-state index is 14.1. The largest absolute Gasteiger partial charge is 0.338 e. The lowest BCUT2D eigenvalue weighted by atomic mass is 9.77. The van der Waals surface area contributed by atoms with Crippen LogP contribution in [0.3, 0.4) is 0 Å². The number of nitrogens with zero attached hydrogens (tertiary/aromatic N) is 1. The molecular weight excluding hydrogens is 644 g/mol. The number of benzene rings is 1. The van der Waals surface area contributed by atoms with E-state index in [-0.39, 0.29) is 91.1 Å². The van der Waals surface area contributed by atoms with E-state index < -0.39 is 29.6 Å². The highest BCUT2D eigenvalue weighted by Crippen LogP contribution is 2.29. The number of hydrogen-bond acceptors (Lipinski definition) is 8. The van der Waals surface area contributed by atoms with Crippen molar-refractivity contribution < 1.29 is 33.6 Å². The molecule has 0 heterocycles. The number of ketones is 6. The van der Waals surface area contributed by atoms with Crippen molar-refractivity contribution in [2.24, 2.45) is 47.2 Å².